The van der Waals surface area contributed by atoms with E-state index in [2.05, 4.69) is 42.3 Å². The van der Waals surface area contributed by atoms with Crippen LogP contribution in [0.1, 0.15) is 6.42 Å². The summed E-state index contributed by atoms with van der Waals surface area (Å²) in [4.78, 5) is 17.9. The van der Waals surface area contributed by atoms with Crippen LogP contribution < -0.4 is 10.2 Å². The normalized spacial score (nSPS) is 15.8. The van der Waals surface area contributed by atoms with E-state index < -0.39 is 6.09 Å². The number of carbonyl (C=O) groups excluding carboxylic acids is 1. The van der Waals surface area contributed by atoms with Crippen molar-refractivity contribution in [3.8, 4) is 22.4 Å². The van der Waals surface area contributed by atoms with E-state index >= 15 is 0 Å². The van der Waals surface area contributed by atoms with Crippen molar-refractivity contribution in [3.05, 3.63) is 54.9 Å². The van der Waals surface area contributed by atoms with E-state index in [1.54, 1.807) is 25.6 Å². The molecule has 0 saturated carbocycles. The Morgan fingerprint density at radius 1 is 1.13 bits per heavy atom. The second-order valence-corrected chi connectivity index (χ2v) is 7.02. The van der Waals surface area contributed by atoms with Crippen LogP contribution in [0.25, 0.3) is 22.4 Å². The molecule has 0 radical (unpaired) electrons. The van der Waals surface area contributed by atoms with Gasteiger partial charge in [0.15, 0.2) is 0 Å². The van der Waals surface area contributed by atoms with Crippen LogP contribution in [-0.4, -0.2) is 54.7 Å². The molecule has 1 aromatic carbocycles. The van der Waals surface area contributed by atoms with E-state index in [1.807, 2.05) is 24.3 Å². The average molecular weight is 405 g/mol. The number of pyridine rings is 1. The highest BCUT2D eigenvalue weighted by Gasteiger charge is 2.22. The number of rotatable bonds is 5. The zero-order valence-corrected chi connectivity index (χ0v) is 16.9. The van der Waals surface area contributed by atoms with E-state index in [0.717, 1.165) is 47.6 Å². The smallest absolute Gasteiger partial charge is 0.412 e. The van der Waals surface area contributed by atoms with Gasteiger partial charge >= 0.3 is 6.09 Å². The maximum absolute atomic E-state index is 11.4. The van der Waals surface area contributed by atoms with Crippen molar-refractivity contribution in [2.75, 3.05) is 37.5 Å². The summed E-state index contributed by atoms with van der Waals surface area (Å²) in [5.74, 6) is 0.404. The third-order valence-corrected chi connectivity index (χ3v) is 5.15. The number of nitrogens with one attached hydrogen (secondary N) is 1. The van der Waals surface area contributed by atoms with Gasteiger partial charge in [0.2, 0.25) is 0 Å². The molecule has 2 aromatic heterocycles. The van der Waals surface area contributed by atoms with Gasteiger partial charge in [0.05, 0.1) is 25.1 Å². The molecule has 8 nitrogen and oxygen atoms in total. The highest BCUT2D eigenvalue weighted by Crippen LogP contribution is 2.29. The second-order valence-electron chi connectivity index (χ2n) is 7.02. The van der Waals surface area contributed by atoms with E-state index in [4.69, 9.17) is 4.74 Å². The van der Waals surface area contributed by atoms with Crippen LogP contribution in [0, 0.1) is 0 Å². The van der Waals surface area contributed by atoms with E-state index in [-0.39, 0.29) is 6.10 Å². The first kappa shape index (κ1) is 19.8. The van der Waals surface area contributed by atoms with Gasteiger partial charge < -0.3 is 14.4 Å². The monoisotopic (exact) mass is 405 g/mol. The quantitative estimate of drug-likeness (QED) is 0.693. The lowest BCUT2D eigenvalue weighted by Gasteiger charge is -2.19. The third-order valence-electron chi connectivity index (χ3n) is 5.15. The minimum atomic E-state index is -0.567. The fraction of sp³-hybridized carbons (Fsp3) is 0.273. The average Bonchev–Trinajstić information content (AvgIpc) is 3.29. The number of hydrogen-bond donors (Lipinski definition) is 1. The Morgan fingerprint density at radius 2 is 2.03 bits per heavy atom. The van der Waals surface area contributed by atoms with Gasteiger partial charge in [-0.25, -0.2) is 9.78 Å². The molecule has 1 N–H and O–H groups in total. The number of methoxy groups -OCH3 is 2. The van der Waals surface area contributed by atoms with Gasteiger partial charge in [0.1, 0.15) is 5.82 Å². The Balaban J connectivity index is 1.59. The van der Waals surface area contributed by atoms with Crippen molar-refractivity contribution in [2.24, 2.45) is 0 Å². The minimum absolute atomic E-state index is 0.274. The molecule has 8 heteroatoms. The van der Waals surface area contributed by atoms with Crippen LogP contribution >= 0.6 is 0 Å². The molecule has 1 unspecified atom stereocenters. The molecule has 30 heavy (non-hydrogen) atoms. The Kier molecular flexibility index (Phi) is 5.85. The van der Waals surface area contributed by atoms with Crippen molar-refractivity contribution in [3.63, 3.8) is 0 Å². The second kappa shape index (κ2) is 8.87. The largest absolute Gasteiger partial charge is 0.453 e. The number of aromatic nitrogens is 3. The van der Waals surface area contributed by atoms with Gasteiger partial charge in [0, 0.05) is 43.2 Å². The lowest BCUT2D eigenvalue weighted by Crippen LogP contribution is -2.22. The van der Waals surface area contributed by atoms with E-state index in [1.165, 1.54) is 7.11 Å². The van der Waals surface area contributed by atoms with Crippen molar-refractivity contribution >= 4 is 17.6 Å². The Hall–Kier alpha value is -3.52. The molecule has 3 heterocycles. The lowest BCUT2D eigenvalue weighted by molar-refractivity contribution is 0.121. The summed E-state index contributed by atoms with van der Waals surface area (Å²) < 4.78 is 10.1. The highest BCUT2D eigenvalue weighted by molar-refractivity contribution is 5.84. The van der Waals surface area contributed by atoms with Gasteiger partial charge in [-0.15, -0.1) is 0 Å². The summed E-state index contributed by atoms with van der Waals surface area (Å²) in [6.45, 7) is 1.86. The topological polar surface area (TPSA) is 89.5 Å². The van der Waals surface area contributed by atoms with Crippen LogP contribution in [0.4, 0.5) is 16.3 Å². The van der Waals surface area contributed by atoms with E-state index in [0.29, 0.717) is 5.82 Å². The number of ether oxygens (including phenoxy) is 2. The van der Waals surface area contributed by atoms with Crippen LogP contribution in [-0.2, 0) is 9.47 Å². The SMILES string of the molecule is COC(=O)Nc1cc(-c2cnnc(-c3cccc(N4CCC(OC)C4)c3)c2)ccn1. The summed E-state index contributed by atoms with van der Waals surface area (Å²) in [5, 5.41) is 11.1. The lowest BCUT2D eigenvalue weighted by atomic mass is 10.1. The van der Waals surface area contributed by atoms with Crippen molar-refractivity contribution in [1.29, 1.82) is 0 Å². The molecule has 0 bridgehead atoms. The molecule has 1 aliphatic heterocycles. The number of nitrogens with zero attached hydrogens (tertiary/aromatic N) is 4. The van der Waals surface area contributed by atoms with Crippen molar-refractivity contribution in [2.45, 2.75) is 12.5 Å². The Labute approximate surface area is 174 Å². The first-order chi connectivity index (χ1) is 14.7. The molecule has 0 aliphatic carbocycles. The first-order valence-electron chi connectivity index (χ1n) is 9.68. The highest BCUT2D eigenvalue weighted by atomic mass is 16.5. The molecule has 1 fully saturated rings. The van der Waals surface area contributed by atoms with Gasteiger partial charge in [-0.05, 0) is 42.3 Å². The minimum Gasteiger partial charge on any atom is -0.453 e. The predicted octanol–water partition coefficient (Wildman–Crippen LogP) is 3.61. The Morgan fingerprint density at radius 3 is 2.83 bits per heavy atom. The van der Waals surface area contributed by atoms with E-state index in [9.17, 15) is 4.79 Å². The molecule has 1 saturated heterocycles. The molecule has 4 rings (SSSR count). The number of amides is 1. The summed E-state index contributed by atoms with van der Waals surface area (Å²) in [6, 6.07) is 13.9. The molecule has 154 valence electrons. The zero-order chi connectivity index (χ0) is 20.9. The fourth-order valence-corrected chi connectivity index (χ4v) is 3.52. The van der Waals surface area contributed by atoms with Crippen LogP contribution in [0.15, 0.2) is 54.9 Å². The van der Waals surface area contributed by atoms with Crippen LogP contribution in [0.5, 0.6) is 0 Å². The number of anilines is 2. The van der Waals surface area contributed by atoms with Crippen LogP contribution in [0.3, 0.4) is 0 Å². The number of hydrogen-bond acceptors (Lipinski definition) is 7. The predicted molar refractivity (Wildman–Crippen MR) is 114 cm³/mol. The number of carbonyl (C=O) groups is 1. The summed E-state index contributed by atoms with van der Waals surface area (Å²) in [6.07, 6.45) is 4.05. The molecular weight excluding hydrogens is 382 g/mol. The number of benzene rings is 1. The maximum Gasteiger partial charge on any atom is 0.412 e. The van der Waals surface area contributed by atoms with Crippen molar-refractivity contribution in [1.82, 2.24) is 15.2 Å². The first-order valence-corrected chi connectivity index (χ1v) is 9.68. The third kappa shape index (κ3) is 4.38. The summed E-state index contributed by atoms with van der Waals surface area (Å²) in [7, 11) is 3.07. The molecule has 1 aliphatic rings. The standard InChI is InChI=1S/C22H23N5O3/c1-29-19-7-9-27(14-19)18-5-3-4-16(10-18)20-11-17(13-24-26-20)15-6-8-23-21(12-15)25-22(28)30-2/h3-6,8,10-13,19H,7,9,14H2,1-2H3,(H,23,25,28). The van der Waals surface area contributed by atoms with Gasteiger partial charge in [-0.3, -0.25) is 5.32 Å². The summed E-state index contributed by atoms with van der Waals surface area (Å²) >= 11 is 0. The van der Waals surface area contributed by atoms with Gasteiger partial charge in [-0.2, -0.15) is 10.2 Å². The maximum atomic E-state index is 11.4. The van der Waals surface area contributed by atoms with Crippen LogP contribution in [0.2, 0.25) is 0 Å². The Bertz CT molecular complexity index is 1040. The molecule has 0 spiro atoms. The van der Waals surface area contributed by atoms with Gasteiger partial charge in [-0.1, -0.05) is 12.1 Å². The summed E-state index contributed by atoms with van der Waals surface area (Å²) in [5.41, 5.74) is 4.65. The molecule has 3 aromatic rings. The molecular formula is C22H23N5O3. The van der Waals surface area contributed by atoms with Crippen molar-refractivity contribution < 1.29 is 14.3 Å². The molecule has 1 amide bonds. The fourth-order valence-electron chi connectivity index (χ4n) is 3.52. The zero-order valence-electron chi connectivity index (χ0n) is 16.9. The molecule has 1 atom stereocenters. The van der Waals surface area contributed by atoms with Gasteiger partial charge in [0.25, 0.3) is 0 Å².